The zero-order valence-corrected chi connectivity index (χ0v) is 19.9. The third-order valence-electron chi connectivity index (χ3n) is 7.38. The fourth-order valence-corrected chi connectivity index (χ4v) is 5.44. The van der Waals surface area contributed by atoms with Crippen LogP contribution in [0.25, 0.3) is 10.9 Å². The van der Waals surface area contributed by atoms with Gasteiger partial charge in [0.15, 0.2) is 0 Å². The first-order chi connectivity index (χ1) is 16.7. The molecule has 10 heteroatoms. The highest BCUT2D eigenvalue weighted by Crippen LogP contribution is 2.41. The van der Waals surface area contributed by atoms with E-state index in [2.05, 4.69) is 25.0 Å². The fraction of sp³-hybridized carbons (Fsp3) is 0.520. The lowest BCUT2D eigenvalue weighted by molar-refractivity contribution is -0.155. The van der Waals surface area contributed by atoms with Crippen molar-refractivity contribution in [2.75, 3.05) is 44.8 Å². The number of benzene rings is 1. The highest BCUT2D eigenvalue weighted by Gasteiger charge is 2.41. The van der Waals surface area contributed by atoms with E-state index in [9.17, 15) is 17.6 Å². The van der Waals surface area contributed by atoms with Crippen molar-refractivity contribution in [3.63, 3.8) is 0 Å². The largest absolute Gasteiger partial charge is 0.401 e. The molecular formula is C25H30F4N6. The first-order valence-electron chi connectivity index (χ1n) is 12.0. The Hall–Kier alpha value is -2.72. The van der Waals surface area contributed by atoms with Gasteiger partial charge in [0.2, 0.25) is 0 Å². The number of fused-ring (bicyclic) bond motifs is 3. The number of aromatic amines is 1. The number of hydrogen-bond acceptors (Lipinski definition) is 5. The van der Waals surface area contributed by atoms with E-state index in [1.54, 1.807) is 12.4 Å². The zero-order chi connectivity index (χ0) is 24.7. The molecule has 6 nitrogen and oxygen atoms in total. The highest BCUT2D eigenvalue weighted by molar-refractivity contribution is 5.83. The fourth-order valence-electron chi connectivity index (χ4n) is 5.44. The lowest BCUT2D eigenvalue weighted by atomic mass is 9.85. The summed E-state index contributed by atoms with van der Waals surface area (Å²) >= 11 is 0. The third kappa shape index (κ3) is 4.73. The van der Waals surface area contributed by atoms with Crippen LogP contribution in [0.15, 0.2) is 36.7 Å². The summed E-state index contributed by atoms with van der Waals surface area (Å²) in [5, 5.41) is 8.04. The summed E-state index contributed by atoms with van der Waals surface area (Å²) in [5.41, 5.74) is 4.26. The molecule has 2 atom stereocenters. The SMILES string of the molecule is C[C@@H]1Cc2c(ccc3[nH]ncc23)C(c2ccc(N(C)C3CN(CCCF)C3)cn2)N1CC(F)(F)F. The average molecular weight is 491 g/mol. The van der Waals surface area contributed by atoms with Crippen molar-refractivity contribution in [1.29, 1.82) is 0 Å². The van der Waals surface area contributed by atoms with Gasteiger partial charge < -0.3 is 4.90 Å². The molecule has 0 bridgehead atoms. The molecule has 1 fully saturated rings. The number of hydrogen-bond donors (Lipinski definition) is 1. The van der Waals surface area contributed by atoms with Crippen molar-refractivity contribution in [3.8, 4) is 0 Å². The maximum Gasteiger partial charge on any atom is 0.401 e. The molecule has 0 radical (unpaired) electrons. The average Bonchev–Trinajstić information content (AvgIpc) is 3.27. The van der Waals surface area contributed by atoms with E-state index in [0.29, 0.717) is 24.6 Å². The van der Waals surface area contributed by atoms with E-state index in [-0.39, 0.29) is 12.7 Å². The van der Waals surface area contributed by atoms with Gasteiger partial charge in [-0.2, -0.15) is 18.3 Å². The number of likely N-dealkylation sites (N-methyl/N-ethyl adjacent to an activating group) is 1. The van der Waals surface area contributed by atoms with Gasteiger partial charge in [-0.1, -0.05) is 6.07 Å². The number of likely N-dealkylation sites (tertiary alicyclic amines) is 1. The van der Waals surface area contributed by atoms with Crippen LogP contribution in [-0.2, 0) is 6.42 Å². The topological polar surface area (TPSA) is 51.3 Å². The molecule has 35 heavy (non-hydrogen) atoms. The molecule has 188 valence electrons. The summed E-state index contributed by atoms with van der Waals surface area (Å²) in [7, 11) is 2.00. The molecule has 3 aromatic rings. The first-order valence-corrected chi connectivity index (χ1v) is 12.0. The number of aromatic nitrogens is 3. The summed E-state index contributed by atoms with van der Waals surface area (Å²) in [6, 6.07) is 6.96. The van der Waals surface area contributed by atoms with E-state index in [1.165, 1.54) is 4.90 Å². The summed E-state index contributed by atoms with van der Waals surface area (Å²) in [6.07, 6.45) is 0.245. The molecule has 0 saturated carbocycles. The molecule has 1 unspecified atom stereocenters. The van der Waals surface area contributed by atoms with Crippen molar-refractivity contribution >= 4 is 16.6 Å². The molecular weight excluding hydrogens is 460 g/mol. The molecule has 5 rings (SSSR count). The van der Waals surface area contributed by atoms with Crippen molar-refractivity contribution in [3.05, 3.63) is 53.5 Å². The van der Waals surface area contributed by atoms with Crippen LogP contribution in [0.5, 0.6) is 0 Å². The van der Waals surface area contributed by atoms with Gasteiger partial charge >= 0.3 is 6.18 Å². The lowest BCUT2D eigenvalue weighted by Crippen LogP contribution is -2.58. The number of alkyl halides is 4. The Morgan fingerprint density at radius 3 is 2.63 bits per heavy atom. The maximum absolute atomic E-state index is 13.6. The van der Waals surface area contributed by atoms with E-state index in [1.807, 2.05) is 38.2 Å². The second-order valence-electron chi connectivity index (χ2n) is 9.72. The molecule has 2 aliphatic heterocycles. The number of H-pyrrole nitrogens is 1. The van der Waals surface area contributed by atoms with Gasteiger partial charge in [0, 0.05) is 38.1 Å². The molecule has 4 heterocycles. The van der Waals surface area contributed by atoms with Crippen molar-refractivity contribution in [1.82, 2.24) is 25.0 Å². The van der Waals surface area contributed by atoms with Crippen LogP contribution in [0.2, 0.25) is 0 Å². The molecule has 1 saturated heterocycles. The van der Waals surface area contributed by atoms with Gasteiger partial charge in [-0.25, -0.2) is 0 Å². The molecule has 2 aliphatic rings. The smallest absolute Gasteiger partial charge is 0.368 e. The Balaban J connectivity index is 1.43. The molecule has 0 amide bonds. The summed E-state index contributed by atoms with van der Waals surface area (Å²) in [4.78, 5) is 10.5. The van der Waals surface area contributed by atoms with E-state index >= 15 is 0 Å². The van der Waals surface area contributed by atoms with E-state index in [0.717, 1.165) is 47.4 Å². The maximum atomic E-state index is 13.6. The normalized spacial score (nSPS) is 21.8. The van der Waals surface area contributed by atoms with Gasteiger partial charge in [0.05, 0.1) is 54.6 Å². The van der Waals surface area contributed by atoms with Crippen molar-refractivity contribution in [2.24, 2.45) is 0 Å². The number of halogens is 4. The van der Waals surface area contributed by atoms with E-state index < -0.39 is 18.8 Å². The van der Waals surface area contributed by atoms with Gasteiger partial charge in [-0.3, -0.25) is 24.3 Å². The van der Waals surface area contributed by atoms with Gasteiger partial charge in [0.1, 0.15) is 0 Å². The Bertz CT molecular complexity index is 1150. The molecule has 0 spiro atoms. The Kier molecular flexibility index (Phi) is 6.43. The Morgan fingerprint density at radius 2 is 1.94 bits per heavy atom. The van der Waals surface area contributed by atoms with Crippen LogP contribution in [0.4, 0.5) is 23.2 Å². The molecule has 2 aromatic heterocycles. The Morgan fingerprint density at radius 1 is 1.14 bits per heavy atom. The molecule has 1 aromatic carbocycles. The number of pyridine rings is 1. The van der Waals surface area contributed by atoms with Crippen molar-refractivity contribution < 1.29 is 17.6 Å². The quantitative estimate of drug-likeness (QED) is 0.500. The summed E-state index contributed by atoms with van der Waals surface area (Å²) < 4.78 is 53.2. The second-order valence-corrected chi connectivity index (χ2v) is 9.72. The standard InChI is InChI=1S/C25H30F4N6/c1-16-10-20-19(5-7-22-21(20)12-31-32-22)24(35(16)15-25(27,28)29)23-6-4-17(11-30-23)33(2)18-13-34(14-18)9-3-8-26/h4-7,11-12,16,18,24H,3,8-10,13-15H2,1-2H3,(H,31,32)/t16-,24?/m1/s1. The lowest BCUT2D eigenvalue weighted by Gasteiger charge is -2.45. The summed E-state index contributed by atoms with van der Waals surface area (Å²) in [6.45, 7) is 3.03. The minimum absolute atomic E-state index is 0.303. The molecule has 0 aliphatic carbocycles. The Labute approximate surface area is 201 Å². The van der Waals surface area contributed by atoms with Crippen LogP contribution in [-0.4, -0.2) is 83.1 Å². The van der Waals surface area contributed by atoms with Crippen molar-refractivity contribution in [2.45, 2.75) is 44.1 Å². The van der Waals surface area contributed by atoms with E-state index in [4.69, 9.17) is 0 Å². The number of rotatable bonds is 7. The second kappa shape index (κ2) is 9.39. The third-order valence-corrected chi connectivity index (χ3v) is 7.38. The predicted molar refractivity (Wildman–Crippen MR) is 127 cm³/mol. The van der Waals surface area contributed by atoms with Gasteiger partial charge in [-0.15, -0.1) is 0 Å². The summed E-state index contributed by atoms with van der Waals surface area (Å²) in [5.74, 6) is 0. The number of nitrogens with zero attached hydrogens (tertiary/aromatic N) is 5. The monoisotopic (exact) mass is 490 g/mol. The van der Waals surface area contributed by atoms with Gasteiger partial charge in [0.25, 0.3) is 0 Å². The van der Waals surface area contributed by atoms with Crippen LogP contribution < -0.4 is 4.90 Å². The highest BCUT2D eigenvalue weighted by atomic mass is 19.4. The van der Waals surface area contributed by atoms with Crippen LogP contribution in [0.3, 0.4) is 0 Å². The number of anilines is 1. The zero-order valence-electron chi connectivity index (χ0n) is 19.9. The van der Waals surface area contributed by atoms with Crippen LogP contribution in [0, 0.1) is 0 Å². The minimum Gasteiger partial charge on any atom is -0.368 e. The molecule has 1 N–H and O–H groups in total. The van der Waals surface area contributed by atoms with Crippen LogP contribution in [0.1, 0.15) is 36.2 Å². The minimum atomic E-state index is -4.32. The van der Waals surface area contributed by atoms with Gasteiger partial charge in [-0.05, 0) is 49.1 Å². The predicted octanol–water partition coefficient (Wildman–Crippen LogP) is 4.34. The first kappa shape index (κ1) is 24.0. The number of nitrogens with one attached hydrogen (secondary N) is 1. The van der Waals surface area contributed by atoms with Crippen LogP contribution >= 0.6 is 0 Å².